The first-order valence-corrected chi connectivity index (χ1v) is 4.18. The van der Waals surface area contributed by atoms with Crippen molar-refractivity contribution in [3.63, 3.8) is 0 Å². The first kappa shape index (κ1) is 9.80. The van der Waals surface area contributed by atoms with Crippen LogP contribution in [-0.4, -0.2) is 18.1 Å². The third kappa shape index (κ3) is 1.90. The van der Waals surface area contributed by atoms with Crippen molar-refractivity contribution in [3.8, 4) is 5.75 Å². The van der Waals surface area contributed by atoms with E-state index in [1.54, 1.807) is 6.20 Å². The molecule has 5 heteroatoms. The highest BCUT2D eigenvalue weighted by Gasteiger charge is 2.09. The second-order valence-corrected chi connectivity index (χ2v) is 3.19. The van der Waals surface area contributed by atoms with Gasteiger partial charge in [-0.1, -0.05) is 0 Å². The summed E-state index contributed by atoms with van der Waals surface area (Å²) in [7, 11) is 0. The zero-order chi connectivity index (χ0) is 7.68. The lowest BCUT2D eigenvalue weighted by Crippen LogP contribution is -2.18. The van der Waals surface area contributed by atoms with Crippen LogP contribution in [0, 0.1) is 0 Å². The van der Waals surface area contributed by atoms with E-state index in [2.05, 4.69) is 26.2 Å². The van der Waals surface area contributed by atoms with Gasteiger partial charge < -0.3 is 10.1 Å². The minimum Gasteiger partial charge on any atom is -0.488 e. The molecule has 1 N–H and O–H groups in total. The molecule has 0 saturated heterocycles. The molecule has 1 aromatic rings. The lowest BCUT2D eigenvalue weighted by molar-refractivity contribution is 0.321. The minimum absolute atomic E-state index is 0. The van der Waals surface area contributed by atoms with Crippen molar-refractivity contribution in [3.05, 3.63) is 16.7 Å². The summed E-state index contributed by atoms with van der Waals surface area (Å²) in [6.07, 6.45) is 1.75. The molecule has 0 saturated carbocycles. The molecule has 0 amide bonds. The van der Waals surface area contributed by atoms with Crippen LogP contribution in [0.2, 0.25) is 0 Å². The number of pyridine rings is 1. The van der Waals surface area contributed by atoms with Crippen molar-refractivity contribution in [2.75, 3.05) is 18.5 Å². The van der Waals surface area contributed by atoms with Crippen molar-refractivity contribution in [2.24, 2.45) is 0 Å². The molecule has 2 rings (SSSR count). The third-order valence-corrected chi connectivity index (χ3v) is 1.91. The van der Waals surface area contributed by atoms with E-state index in [4.69, 9.17) is 4.74 Å². The molecule has 0 fully saturated rings. The lowest BCUT2D eigenvalue weighted by atomic mass is 10.4. The van der Waals surface area contributed by atoms with Gasteiger partial charge in [0.1, 0.15) is 6.61 Å². The number of hydrogen-bond donors (Lipinski definition) is 1. The van der Waals surface area contributed by atoms with E-state index in [1.807, 2.05) is 6.07 Å². The number of nitrogens with zero attached hydrogens (tertiary/aromatic N) is 1. The Hall–Kier alpha value is -0.290. The van der Waals surface area contributed by atoms with Gasteiger partial charge in [0.25, 0.3) is 0 Å². The fourth-order valence-electron chi connectivity index (χ4n) is 0.994. The molecule has 0 bridgehead atoms. The average Bonchev–Trinajstić information content (AvgIpc) is 2.04. The number of anilines is 1. The number of aromatic nitrogens is 1. The van der Waals surface area contributed by atoms with E-state index in [1.165, 1.54) is 0 Å². The fourth-order valence-corrected chi connectivity index (χ4v) is 1.30. The molecule has 0 radical (unpaired) electrons. The maximum absolute atomic E-state index is 5.35. The Morgan fingerprint density at radius 1 is 1.58 bits per heavy atom. The first-order valence-electron chi connectivity index (χ1n) is 3.38. The number of hydrogen-bond acceptors (Lipinski definition) is 3. The van der Waals surface area contributed by atoms with Gasteiger partial charge in [-0.3, -0.25) is 0 Å². The Morgan fingerprint density at radius 2 is 2.42 bits per heavy atom. The highest BCUT2D eigenvalue weighted by Crippen LogP contribution is 2.27. The van der Waals surface area contributed by atoms with Gasteiger partial charge in [0.2, 0.25) is 0 Å². The smallest absolute Gasteiger partial charge is 0.168 e. The first-order chi connectivity index (χ1) is 5.36. The Labute approximate surface area is 89.4 Å². The van der Waals surface area contributed by atoms with Crippen LogP contribution in [0.5, 0.6) is 5.75 Å². The van der Waals surface area contributed by atoms with E-state index < -0.39 is 0 Å². The summed E-state index contributed by atoms with van der Waals surface area (Å²) in [4.78, 5) is 4.14. The summed E-state index contributed by atoms with van der Waals surface area (Å²) in [6.45, 7) is 1.55. The summed E-state index contributed by atoms with van der Waals surface area (Å²) >= 11 is 3.32. The largest absolute Gasteiger partial charge is 0.488 e. The van der Waals surface area contributed by atoms with Crippen LogP contribution in [0.15, 0.2) is 16.7 Å². The van der Waals surface area contributed by atoms with E-state index in [0.717, 1.165) is 22.6 Å². The zero-order valence-electron chi connectivity index (χ0n) is 6.21. The number of ether oxygens (including phenoxy) is 1. The topological polar surface area (TPSA) is 34.1 Å². The number of nitrogens with one attached hydrogen (secondary N) is 1. The predicted molar refractivity (Wildman–Crippen MR) is 56.2 cm³/mol. The van der Waals surface area contributed by atoms with E-state index in [-0.39, 0.29) is 17.0 Å². The second-order valence-electron chi connectivity index (χ2n) is 2.28. The summed E-state index contributed by atoms with van der Waals surface area (Å²) in [5, 5.41) is 3.13. The van der Waals surface area contributed by atoms with Crippen LogP contribution >= 0.6 is 32.9 Å². The van der Waals surface area contributed by atoms with Crippen molar-refractivity contribution >= 4 is 38.7 Å². The molecule has 0 aliphatic carbocycles. The predicted octanol–water partition coefficient (Wildman–Crippen LogP) is 2.23. The van der Waals surface area contributed by atoms with E-state index in [0.29, 0.717) is 6.61 Å². The number of halogens is 2. The maximum atomic E-state index is 5.35. The van der Waals surface area contributed by atoms with Gasteiger partial charge in [-0.15, -0.1) is 17.0 Å². The van der Waals surface area contributed by atoms with Gasteiger partial charge in [0, 0.05) is 10.7 Å². The highest BCUT2D eigenvalue weighted by atomic mass is 79.9. The summed E-state index contributed by atoms with van der Waals surface area (Å²) < 4.78 is 6.29. The van der Waals surface area contributed by atoms with Crippen LogP contribution in [0.3, 0.4) is 0 Å². The van der Waals surface area contributed by atoms with Crippen LogP contribution in [0.4, 0.5) is 5.82 Å². The molecule has 0 spiro atoms. The fraction of sp³-hybridized carbons (Fsp3) is 0.286. The highest BCUT2D eigenvalue weighted by molar-refractivity contribution is 9.10. The normalized spacial score (nSPS) is 13.4. The Morgan fingerprint density at radius 3 is 3.25 bits per heavy atom. The monoisotopic (exact) mass is 294 g/mol. The standard InChI is InChI=1S/C7H7BrN2O.BrH/c8-5-3-6-7(10-4-5)9-1-2-11-6;/h3-4H,1-2H2,(H,9,10);1H. The van der Waals surface area contributed by atoms with Crippen molar-refractivity contribution < 1.29 is 4.74 Å². The Balaban J connectivity index is 0.000000720. The van der Waals surface area contributed by atoms with Crippen LogP contribution in [0.25, 0.3) is 0 Å². The third-order valence-electron chi connectivity index (χ3n) is 1.47. The molecule has 0 aromatic carbocycles. The molecular formula is C7H8Br2N2O. The van der Waals surface area contributed by atoms with E-state index in [9.17, 15) is 0 Å². The molecule has 2 heterocycles. The van der Waals surface area contributed by atoms with E-state index >= 15 is 0 Å². The van der Waals surface area contributed by atoms with Gasteiger partial charge in [-0.05, 0) is 22.0 Å². The Kier molecular flexibility index (Phi) is 3.34. The average molecular weight is 296 g/mol. The van der Waals surface area contributed by atoms with Crippen LogP contribution < -0.4 is 10.1 Å². The molecule has 0 unspecified atom stereocenters. The van der Waals surface area contributed by atoms with Gasteiger partial charge in [-0.2, -0.15) is 0 Å². The van der Waals surface area contributed by atoms with Gasteiger partial charge in [0.05, 0.1) is 6.54 Å². The summed E-state index contributed by atoms with van der Waals surface area (Å²) in [6, 6.07) is 1.91. The van der Waals surface area contributed by atoms with Crippen LogP contribution in [0.1, 0.15) is 0 Å². The SMILES string of the molecule is Br.Brc1cnc2c(c1)OCCN2. The molecular weight excluding hydrogens is 288 g/mol. The molecule has 1 aromatic heterocycles. The molecule has 3 nitrogen and oxygen atoms in total. The number of rotatable bonds is 0. The maximum Gasteiger partial charge on any atom is 0.168 e. The van der Waals surface area contributed by atoms with Crippen LogP contribution in [-0.2, 0) is 0 Å². The van der Waals surface area contributed by atoms with Crippen molar-refractivity contribution in [2.45, 2.75) is 0 Å². The quantitative estimate of drug-likeness (QED) is 0.797. The lowest BCUT2D eigenvalue weighted by Gasteiger charge is -2.17. The summed E-state index contributed by atoms with van der Waals surface area (Å²) in [5.74, 6) is 1.66. The van der Waals surface area contributed by atoms with Gasteiger partial charge in [-0.25, -0.2) is 4.98 Å². The van der Waals surface area contributed by atoms with Crippen molar-refractivity contribution in [1.29, 1.82) is 0 Å². The van der Waals surface area contributed by atoms with Gasteiger partial charge in [0.15, 0.2) is 11.6 Å². The Bertz CT molecular complexity index is 280. The molecule has 12 heavy (non-hydrogen) atoms. The molecule has 1 aliphatic heterocycles. The number of fused-ring (bicyclic) bond motifs is 1. The second kappa shape index (κ2) is 4.09. The zero-order valence-corrected chi connectivity index (χ0v) is 9.51. The molecule has 0 atom stereocenters. The molecule has 1 aliphatic rings. The van der Waals surface area contributed by atoms with Crippen molar-refractivity contribution in [1.82, 2.24) is 4.98 Å². The minimum atomic E-state index is 0. The molecule has 66 valence electrons. The van der Waals surface area contributed by atoms with Gasteiger partial charge >= 0.3 is 0 Å². The summed E-state index contributed by atoms with van der Waals surface area (Å²) in [5.41, 5.74) is 0.